The normalized spacial score (nSPS) is 20.8. The highest BCUT2D eigenvalue weighted by molar-refractivity contribution is 5.30. The lowest BCUT2D eigenvalue weighted by molar-refractivity contribution is 0.0947. The number of hydrogen-bond donors (Lipinski definition) is 1. The van der Waals surface area contributed by atoms with Crippen LogP contribution < -0.4 is 5.73 Å². The first-order valence-electron chi connectivity index (χ1n) is 7.58. The molecule has 0 aliphatic carbocycles. The largest absolute Gasteiger partial charge is 0.380 e. The summed E-state index contributed by atoms with van der Waals surface area (Å²) in [5.41, 5.74) is 9.15. The quantitative estimate of drug-likeness (QED) is 0.898. The molecule has 1 atom stereocenters. The van der Waals surface area contributed by atoms with E-state index in [1.165, 1.54) is 24.0 Å². The van der Waals surface area contributed by atoms with Crippen LogP contribution in [0, 0.1) is 5.41 Å². The molecule has 1 unspecified atom stereocenters. The van der Waals surface area contributed by atoms with Crippen molar-refractivity contribution in [1.82, 2.24) is 4.90 Å². The monoisotopic (exact) mass is 276 g/mol. The summed E-state index contributed by atoms with van der Waals surface area (Å²) < 4.78 is 5.32. The van der Waals surface area contributed by atoms with Crippen molar-refractivity contribution in [3.8, 4) is 0 Å². The lowest BCUT2D eigenvalue weighted by atomic mass is 9.81. The number of benzene rings is 1. The number of rotatable bonds is 5. The molecular weight excluding hydrogens is 248 g/mol. The number of ether oxygens (including phenoxy) is 1. The Labute approximate surface area is 123 Å². The number of nitrogens with zero attached hydrogens (tertiary/aromatic N) is 1. The maximum atomic E-state index is 6.09. The topological polar surface area (TPSA) is 38.5 Å². The molecule has 1 saturated heterocycles. The van der Waals surface area contributed by atoms with E-state index < -0.39 is 0 Å². The first kappa shape index (κ1) is 15.5. The van der Waals surface area contributed by atoms with Crippen molar-refractivity contribution >= 4 is 0 Å². The summed E-state index contributed by atoms with van der Waals surface area (Å²) in [4.78, 5) is 2.54. The van der Waals surface area contributed by atoms with Gasteiger partial charge in [0.25, 0.3) is 0 Å². The van der Waals surface area contributed by atoms with Crippen LogP contribution in [0.5, 0.6) is 0 Å². The minimum absolute atomic E-state index is 0.317. The summed E-state index contributed by atoms with van der Waals surface area (Å²) in [6, 6.07) is 8.84. The predicted octanol–water partition coefficient (Wildman–Crippen LogP) is 2.95. The zero-order chi connectivity index (χ0) is 14.6. The van der Waals surface area contributed by atoms with Gasteiger partial charge in [0.15, 0.2) is 0 Å². The average Bonchev–Trinajstić information content (AvgIpc) is 2.43. The first-order chi connectivity index (χ1) is 9.57. The fraction of sp³-hybridized carbons (Fsp3) is 0.647. The molecule has 1 aromatic rings. The fourth-order valence-electron chi connectivity index (χ4n) is 3.06. The summed E-state index contributed by atoms with van der Waals surface area (Å²) in [6.45, 7) is 8.32. The summed E-state index contributed by atoms with van der Waals surface area (Å²) in [5, 5.41) is 0. The number of hydrogen-bond acceptors (Lipinski definition) is 3. The van der Waals surface area contributed by atoms with Crippen LogP contribution in [0.15, 0.2) is 24.3 Å². The molecule has 1 heterocycles. The highest BCUT2D eigenvalue weighted by atomic mass is 16.5. The van der Waals surface area contributed by atoms with Crippen molar-refractivity contribution in [2.75, 3.05) is 26.7 Å². The third kappa shape index (κ3) is 3.60. The Hall–Kier alpha value is -0.900. The second kappa shape index (κ2) is 6.70. The molecule has 0 spiro atoms. The van der Waals surface area contributed by atoms with Crippen LogP contribution in [-0.4, -0.2) is 31.6 Å². The molecular formula is C17H28N2O. The number of nitrogens with two attached hydrogens (primary N) is 1. The van der Waals surface area contributed by atoms with Gasteiger partial charge in [0.2, 0.25) is 0 Å². The Kier molecular flexibility index (Phi) is 5.19. The second-order valence-corrected chi connectivity index (χ2v) is 6.58. The fourth-order valence-corrected chi connectivity index (χ4v) is 3.06. The maximum absolute atomic E-state index is 6.09. The summed E-state index contributed by atoms with van der Waals surface area (Å²) in [6.07, 6.45) is 2.49. The lowest BCUT2D eigenvalue weighted by Gasteiger charge is -2.41. The Morgan fingerprint density at radius 3 is 2.50 bits per heavy atom. The van der Waals surface area contributed by atoms with Gasteiger partial charge in [-0.3, -0.25) is 4.90 Å². The van der Waals surface area contributed by atoms with Crippen LogP contribution in [0.3, 0.4) is 0 Å². The van der Waals surface area contributed by atoms with Gasteiger partial charge in [-0.1, -0.05) is 38.1 Å². The highest BCUT2D eigenvalue weighted by Gasteiger charge is 2.30. The number of piperidine rings is 1. The van der Waals surface area contributed by atoms with E-state index in [1.54, 1.807) is 7.11 Å². The van der Waals surface area contributed by atoms with Crippen LogP contribution in [0.4, 0.5) is 0 Å². The summed E-state index contributed by atoms with van der Waals surface area (Å²) >= 11 is 0. The molecule has 112 valence electrons. The molecule has 1 aliphatic rings. The van der Waals surface area contributed by atoms with Crippen LogP contribution in [0.1, 0.15) is 43.9 Å². The number of likely N-dealkylation sites (tertiary alicyclic amines) is 1. The molecule has 20 heavy (non-hydrogen) atoms. The van der Waals surface area contributed by atoms with E-state index in [2.05, 4.69) is 43.0 Å². The van der Waals surface area contributed by atoms with E-state index in [4.69, 9.17) is 10.5 Å². The van der Waals surface area contributed by atoms with Crippen LogP contribution >= 0.6 is 0 Å². The van der Waals surface area contributed by atoms with Gasteiger partial charge in [0.05, 0.1) is 6.61 Å². The molecule has 1 aromatic carbocycles. The van der Waals surface area contributed by atoms with Gasteiger partial charge in [0.1, 0.15) is 0 Å². The molecule has 3 nitrogen and oxygen atoms in total. The highest BCUT2D eigenvalue weighted by Crippen LogP contribution is 2.34. The van der Waals surface area contributed by atoms with Gasteiger partial charge in [-0.2, -0.15) is 0 Å². The standard InChI is InChI=1S/C17H28N2O/c1-17(2)8-10-19(11-9-17)16(12-18)15-7-5-4-6-14(15)13-20-3/h4-7,16H,8-13,18H2,1-3H3. The van der Waals surface area contributed by atoms with Crippen LogP contribution in [-0.2, 0) is 11.3 Å². The minimum atomic E-state index is 0.317. The Balaban J connectivity index is 2.16. The smallest absolute Gasteiger partial charge is 0.0716 e. The molecule has 0 amide bonds. The van der Waals surface area contributed by atoms with Crippen molar-refractivity contribution in [3.05, 3.63) is 35.4 Å². The Morgan fingerprint density at radius 1 is 1.25 bits per heavy atom. The van der Waals surface area contributed by atoms with Crippen molar-refractivity contribution in [3.63, 3.8) is 0 Å². The molecule has 0 saturated carbocycles. The Bertz CT molecular complexity index is 421. The molecule has 0 aromatic heterocycles. The molecule has 2 N–H and O–H groups in total. The van der Waals surface area contributed by atoms with Crippen LogP contribution in [0.2, 0.25) is 0 Å². The third-order valence-corrected chi connectivity index (χ3v) is 4.53. The van der Waals surface area contributed by atoms with E-state index >= 15 is 0 Å². The van der Waals surface area contributed by atoms with Gasteiger partial charge in [-0.15, -0.1) is 0 Å². The zero-order valence-corrected chi connectivity index (χ0v) is 13.1. The predicted molar refractivity (Wildman–Crippen MR) is 83.5 cm³/mol. The van der Waals surface area contributed by atoms with Crippen molar-refractivity contribution in [1.29, 1.82) is 0 Å². The molecule has 3 heteroatoms. The van der Waals surface area contributed by atoms with E-state index in [0.717, 1.165) is 13.1 Å². The SMILES string of the molecule is COCc1ccccc1C(CN)N1CCC(C)(C)CC1. The Morgan fingerprint density at radius 2 is 1.90 bits per heavy atom. The van der Waals surface area contributed by atoms with Crippen LogP contribution in [0.25, 0.3) is 0 Å². The summed E-state index contributed by atoms with van der Waals surface area (Å²) in [7, 11) is 1.75. The molecule has 0 bridgehead atoms. The molecule has 0 radical (unpaired) electrons. The van der Waals surface area contributed by atoms with Crippen molar-refractivity contribution in [2.24, 2.45) is 11.1 Å². The van der Waals surface area contributed by atoms with Gasteiger partial charge in [-0.05, 0) is 42.5 Å². The molecule has 2 rings (SSSR count). The molecule has 1 fully saturated rings. The zero-order valence-electron chi connectivity index (χ0n) is 13.1. The van der Waals surface area contributed by atoms with Gasteiger partial charge < -0.3 is 10.5 Å². The first-order valence-corrected chi connectivity index (χ1v) is 7.58. The van der Waals surface area contributed by atoms with E-state index in [0.29, 0.717) is 24.6 Å². The maximum Gasteiger partial charge on any atom is 0.0716 e. The summed E-state index contributed by atoms with van der Waals surface area (Å²) in [5.74, 6) is 0. The lowest BCUT2D eigenvalue weighted by Crippen LogP contribution is -2.42. The van der Waals surface area contributed by atoms with Gasteiger partial charge in [-0.25, -0.2) is 0 Å². The average molecular weight is 276 g/mol. The molecule has 1 aliphatic heterocycles. The minimum Gasteiger partial charge on any atom is -0.380 e. The van der Waals surface area contributed by atoms with Gasteiger partial charge >= 0.3 is 0 Å². The van der Waals surface area contributed by atoms with E-state index in [-0.39, 0.29) is 0 Å². The van der Waals surface area contributed by atoms with Crippen molar-refractivity contribution < 1.29 is 4.74 Å². The van der Waals surface area contributed by atoms with E-state index in [1.807, 2.05) is 0 Å². The third-order valence-electron chi connectivity index (χ3n) is 4.53. The number of methoxy groups -OCH3 is 1. The van der Waals surface area contributed by atoms with Crippen molar-refractivity contribution in [2.45, 2.75) is 39.3 Å². The second-order valence-electron chi connectivity index (χ2n) is 6.58. The van der Waals surface area contributed by atoms with E-state index in [9.17, 15) is 0 Å². The van der Waals surface area contributed by atoms with Gasteiger partial charge in [0, 0.05) is 19.7 Å².